The minimum atomic E-state index is -4.69. The Balaban J connectivity index is 3.31. The summed E-state index contributed by atoms with van der Waals surface area (Å²) < 4.78 is 54.0. The van der Waals surface area contributed by atoms with E-state index < -0.39 is 39.5 Å². The lowest BCUT2D eigenvalue weighted by atomic mass is 10.1. The molecule has 18 heavy (non-hydrogen) atoms. The first-order valence-electron chi connectivity index (χ1n) is 4.36. The first kappa shape index (κ1) is 14.3. The summed E-state index contributed by atoms with van der Waals surface area (Å²) in [7, 11) is 1.00. The van der Waals surface area contributed by atoms with Gasteiger partial charge in [-0.05, 0) is 23.9 Å². The normalized spacial score (nSPS) is 10.9. The van der Waals surface area contributed by atoms with E-state index in [1.807, 2.05) is 0 Å². The van der Waals surface area contributed by atoms with E-state index in [9.17, 15) is 22.4 Å². The van der Waals surface area contributed by atoms with Crippen LogP contribution in [0.25, 0.3) is 0 Å². The summed E-state index contributed by atoms with van der Waals surface area (Å²) in [4.78, 5) is 10.4. The van der Waals surface area contributed by atoms with E-state index in [2.05, 4.69) is 4.74 Å². The number of benzene rings is 1. The quantitative estimate of drug-likeness (QED) is 0.474. The van der Waals surface area contributed by atoms with Gasteiger partial charge < -0.3 is 4.74 Å². The van der Waals surface area contributed by atoms with Crippen molar-refractivity contribution in [3.8, 4) is 6.07 Å². The number of rotatable bonds is 2. The summed E-state index contributed by atoms with van der Waals surface area (Å²) in [6.07, 6.45) is 0. The van der Waals surface area contributed by atoms with Gasteiger partial charge in [0, 0.05) is 0 Å². The number of hydrogen-bond acceptors (Lipinski definition) is 4. The molecule has 0 bridgehead atoms. The molecule has 0 spiro atoms. The highest BCUT2D eigenvalue weighted by Gasteiger charge is 2.31. The third kappa shape index (κ3) is 3.37. The second kappa shape index (κ2) is 5.27. The monoisotopic (exact) mass is 279 g/mol. The Hall–Kier alpha value is -1.75. The summed E-state index contributed by atoms with van der Waals surface area (Å²) in [6.45, 7) is 0. The lowest BCUT2D eigenvalue weighted by molar-refractivity contribution is -0.0329. The number of ether oxygens (including phenoxy) is 1. The maximum atomic E-state index is 13.3. The Bertz CT molecular complexity index is 522. The number of thioether (sulfide) groups is 1. The van der Waals surface area contributed by atoms with Crippen LogP contribution in [-0.2, 0) is 4.74 Å². The first-order chi connectivity index (χ1) is 8.28. The van der Waals surface area contributed by atoms with Crippen molar-refractivity contribution < 1.29 is 27.1 Å². The Labute approximate surface area is 103 Å². The molecular weight excluding hydrogens is 274 g/mol. The number of carbonyl (C=O) groups is 1. The molecule has 3 nitrogen and oxygen atoms in total. The molecule has 0 heterocycles. The molecule has 0 amide bonds. The zero-order valence-corrected chi connectivity index (χ0v) is 9.66. The minimum absolute atomic E-state index is 0.383. The van der Waals surface area contributed by atoms with Crippen molar-refractivity contribution in [3.63, 3.8) is 0 Å². The molecular formula is C10H5F4NO2S. The maximum Gasteiger partial charge on any atom is 0.446 e. The Morgan fingerprint density at radius 3 is 2.50 bits per heavy atom. The first-order valence-corrected chi connectivity index (χ1v) is 5.18. The fraction of sp³-hybridized carbons (Fsp3) is 0.200. The van der Waals surface area contributed by atoms with Gasteiger partial charge in [-0.1, -0.05) is 0 Å². The molecule has 0 radical (unpaired) electrons. The molecule has 0 aromatic heterocycles. The van der Waals surface area contributed by atoms with E-state index in [0.29, 0.717) is 12.1 Å². The van der Waals surface area contributed by atoms with Gasteiger partial charge in [0.1, 0.15) is 11.9 Å². The van der Waals surface area contributed by atoms with Crippen LogP contribution in [0.1, 0.15) is 15.9 Å². The highest BCUT2D eigenvalue weighted by molar-refractivity contribution is 8.00. The van der Waals surface area contributed by atoms with E-state index in [1.165, 1.54) is 6.07 Å². The number of esters is 1. The van der Waals surface area contributed by atoms with Crippen molar-refractivity contribution in [2.45, 2.75) is 10.4 Å². The Kier molecular flexibility index (Phi) is 4.19. The van der Waals surface area contributed by atoms with Gasteiger partial charge in [-0.25, -0.2) is 9.18 Å². The highest BCUT2D eigenvalue weighted by Crippen LogP contribution is 2.39. The van der Waals surface area contributed by atoms with Crippen LogP contribution in [-0.4, -0.2) is 18.6 Å². The van der Waals surface area contributed by atoms with Gasteiger partial charge in [-0.3, -0.25) is 0 Å². The van der Waals surface area contributed by atoms with Gasteiger partial charge >= 0.3 is 11.5 Å². The molecule has 1 aromatic rings. The lowest BCUT2D eigenvalue weighted by Gasteiger charge is -2.09. The number of carbonyl (C=O) groups excluding carboxylic acids is 1. The van der Waals surface area contributed by atoms with Crippen LogP contribution in [0.15, 0.2) is 17.0 Å². The number of halogens is 4. The molecule has 1 rings (SSSR count). The number of nitrogens with zero attached hydrogens (tertiary/aromatic N) is 1. The second-order valence-corrected chi connectivity index (χ2v) is 4.09. The van der Waals surface area contributed by atoms with Crippen molar-refractivity contribution in [3.05, 3.63) is 29.1 Å². The summed E-state index contributed by atoms with van der Waals surface area (Å²) in [5, 5.41) is 8.66. The number of nitriles is 1. The van der Waals surface area contributed by atoms with E-state index in [4.69, 9.17) is 5.26 Å². The fourth-order valence-electron chi connectivity index (χ4n) is 1.13. The Morgan fingerprint density at radius 1 is 1.44 bits per heavy atom. The third-order valence-corrected chi connectivity index (χ3v) is 2.59. The minimum Gasteiger partial charge on any atom is -0.465 e. The van der Waals surface area contributed by atoms with Gasteiger partial charge in [0.25, 0.3) is 0 Å². The van der Waals surface area contributed by atoms with Crippen LogP contribution < -0.4 is 0 Å². The van der Waals surface area contributed by atoms with E-state index in [0.717, 1.165) is 7.11 Å². The zero-order valence-electron chi connectivity index (χ0n) is 8.84. The molecule has 0 unspecified atom stereocenters. The molecule has 0 aliphatic carbocycles. The van der Waals surface area contributed by atoms with Crippen LogP contribution in [0.5, 0.6) is 0 Å². The number of methoxy groups -OCH3 is 1. The molecule has 0 aliphatic rings. The molecule has 96 valence electrons. The Morgan fingerprint density at radius 2 is 2.06 bits per heavy atom. The maximum absolute atomic E-state index is 13.3. The van der Waals surface area contributed by atoms with Gasteiger partial charge in [-0.2, -0.15) is 18.4 Å². The zero-order chi connectivity index (χ0) is 13.9. The van der Waals surface area contributed by atoms with Gasteiger partial charge in [0.2, 0.25) is 0 Å². The van der Waals surface area contributed by atoms with Crippen molar-refractivity contribution >= 4 is 17.7 Å². The summed E-state index contributed by atoms with van der Waals surface area (Å²) in [5.74, 6) is -2.22. The van der Waals surface area contributed by atoms with Gasteiger partial charge in [0.15, 0.2) is 0 Å². The van der Waals surface area contributed by atoms with Gasteiger partial charge in [-0.15, -0.1) is 0 Å². The van der Waals surface area contributed by atoms with Crippen molar-refractivity contribution in [1.29, 1.82) is 5.26 Å². The lowest BCUT2D eigenvalue weighted by Crippen LogP contribution is -2.07. The molecule has 1 aromatic carbocycles. The van der Waals surface area contributed by atoms with E-state index in [1.54, 1.807) is 0 Å². The van der Waals surface area contributed by atoms with Crippen LogP contribution in [0, 0.1) is 17.1 Å². The number of alkyl halides is 3. The molecule has 0 atom stereocenters. The predicted molar refractivity (Wildman–Crippen MR) is 54.4 cm³/mol. The van der Waals surface area contributed by atoms with Crippen molar-refractivity contribution in [2.75, 3.05) is 7.11 Å². The summed E-state index contributed by atoms with van der Waals surface area (Å²) in [6, 6.07) is 2.73. The molecule has 8 heteroatoms. The van der Waals surface area contributed by atoms with Crippen molar-refractivity contribution in [2.24, 2.45) is 0 Å². The SMILES string of the molecule is COC(=O)c1cc(SC(F)(F)F)c(F)cc1C#N. The smallest absolute Gasteiger partial charge is 0.446 e. The highest BCUT2D eigenvalue weighted by atomic mass is 32.2. The van der Waals surface area contributed by atoms with Gasteiger partial charge in [0.05, 0.1) is 23.1 Å². The summed E-state index contributed by atoms with van der Waals surface area (Å²) in [5.41, 5.74) is -5.48. The van der Waals surface area contributed by atoms with Crippen LogP contribution in [0.4, 0.5) is 17.6 Å². The average molecular weight is 279 g/mol. The summed E-state index contributed by atoms with van der Waals surface area (Å²) >= 11 is -0.704. The predicted octanol–water partition coefficient (Wildman–Crippen LogP) is 3.10. The van der Waals surface area contributed by atoms with E-state index in [-0.39, 0.29) is 5.56 Å². The fourth-order valence-corrected chi connectivity index (χ4v) is 1.71. The van der Waals surface area contributed by atoms with E-state index >= 15 is 0 Å². The molecule has 0 aliphatic heterocycles. The average Bonchev–Trinajstić information content (AvgIpc) is 2.28. The largest absolute Gasteiger partial charge is 0.465 e. The second-order valence-electron chi connectivity index (χ2n) is 2.98. The number of hydrogen-bond donors (Lipinski definition) is 0. The van der Waals surface area contributed by atoms with Crippen molar-refractivity contribution in [1.82, 2.24) is 0 Å². The molecule has 0 N–H and O–H groups in total. The van der Waals surface area contributed by atoms with Crippen LogP contribution in [0.2, 0.25) is 0 Å². The molecule has 0 saturated carbocycles. The molecule has 0 saturated heterocycles. The van der Waals surface area contributed by atoms with Crippen LogP contribution >= 0.6 is 11.8 Å². The third-order valence-electron chi connectivity index (χ3n) is 1.82. The standard InChI is InChI=1S/C10H5F4NO2S/c1-17-9(16)6-3-8(18-10(12,13)14)7(11)2-5(6)4-15/h2-3H,1H3. The van der Waals surface area contributed by atoms with Crippen LogP contribution in [0.3, 0.4) is 0 Å². The topological polar surface area (TPSA) is 50.1 Å². The molecule has 0 fully saturated rings.